The van der Waals surface area contributed by atoms with Crippen LogP contribution in [0.4, 0.5) is 0 Å². The van der Waals surface area contributed by atoms with Crippen molar-refractivity contribution in [3.8, 4) is 11.5 Å². The van der Waals surface area contributed by atoms with Gasteiger partial charge in [0.25, 0.3) is 0 Å². The first-order valence-corrected chi connectivity index (χ1v) is 5.45. The molecule has 3 nitrogen and oxygen atoms in total. The Bertz CT molecular complexity index is 755. The Morgan fingerprint density at radius 3 is 2.41 bits per heavy atom. The van der Waals surface area contributed by atoms with Crippen LogP contribution in [0.5, 0.6) is 11.5 Å². The molecule has 3 aromatic rings. The third-order valence-corrected chi connectivity index (χ3v) is 3.02. The monoisotopic (exact) mass is 223 g/mol. The van der Waals surface area contributed by atoms with Gasteiger partial charge < -0.3 is 14.5 Å². The number of ether oxygens (including phenoxy) is 2. The molecule has 0 atom stereocenters. The molecule has 1 aliphatic rings. The van der Waals surface area contributed by atoms with Crippen LogP contribution < -0.4 is 9.47 Å². The molecule has 0 saturated heterocycles. The summed E-state index contributed by atoms with van der Waals surface area (Å²) in [5.41, 5.74) is 2.18. The highest BCUT2D eigenvalue weighted by atomic mass is 16.5. The van der Waals surface area contributed by atoms with Gasteiger partial charge in [-0.05, 0) is 12.1 Å². The summed E-state index contributed by atoms with van der Waals surface area (Å²) in [6.07, 6.45) is 3.08. The van der Waals surface area contributed by atoms with Crippen molar-refractivity contribution in [3.05, 3.63) is 48.9 Å². The molecular weight excluding hydrogens is 214 g/mol. The highest BCUT2D eigenvalue weighted by molar-refractivity contribution is 6.08. The molecule has 0 saturated carbocycles. The van der Waals surface area contributed by atoms with Crippen LogP contribution in [-0.2, 0) is 0 Å². The molecular formula is C14H9NO2. The van der Waals surface area contributed by atoms with Gasteiger partial charge in [0, 0.05) is 22.4 Å². The number of aromatic amines is 1. The van der Waals surface area contributed by atoms with Gasteiger partial charge in [-0.15, -0.1) is 0 Å². The molecule has 17 heavy (non-hydrogen) atoms. The largest absolute Gasteiger partial charge is 0.458 e. The van der Waals surface area contributed by atoms with E-state index in [2.05, 4.69) is 17.1 Å². The minimum atomic E-state index is 0.742. The van der Waals surface area contributed by atoms with Gasteiger partial charge in [-0.1, -0.05) is 18.2 Å². The van der Waals surface area contributed by atoms with Gasteiger partial charge in [0.2, 0.25) is 0 Å². The van der Waals surface area contributed by atoms with Gasteiger partial charge in [0.05, 0.1) is 5.52 Å². The summed E-state index contributed by atoms with van der Waals surface area (Å²) in [5, 5.41) is 2.35. The molecule has 0 fully saturated rings. The summed E-state index contributed by atoms with van der Waals surface area (Å²) in [7, 11) is 0. The maximum Gasteiger partial charge on any atom is 0.171 e. The molecule has 0 aliphatic carbocycles. The maximum absolute atomic E-state index is 5.43. The van der Waals surface area contributed by atoms with E-state index in [4.69, 9.17) is 9.47 Å². The topological polar surface area (TPSA) is 34.2 Å². The van der Waals surface area contributed by atoms with Crippen molar-refractivity contribution in [1.29, 1.82) is 0 Å². The lowest BCUT2D eigenvalue weighted by atomic mass is 10.1. The minimum Gasteiger partial charge on any atom is -0.458 e. The molecule has 1 N–H and O–H groups in total. The van der Waals surface area contributed by atoms with Crippen LogP contribution in [0.15, 0.2) is 48.9 Å². The van der Waals surface area contributed by atoms with Gasteiger partial charge in [-0.2, -0.15) is 0 Å². The number of H-pyrrole nitrogens is 1. The van der Waals surface area contributed by atoms with Crippen molar-refractivity contribution in [1.82, 2.24) is 4.98 Å². The van der Waals surface area contributed by atoms with Gasteiger partial charge in [-0.3, -0.25) is 0 Å². The fourth-order valence-corrected chi connectivity index (χ4v) is 2.24. The molecule has 0 unspecified atom stereocenters. The van der Waals surface area contributed by atoms with Crippen LogP contribution in [0, 0.1) is 0 Å². The van der Waals surface area contributed by atoms with Crippen LogP contribution >= 0.6 is 0 Å². The Morgan fingerprint density at radius 1 is 0.765 bits per heavy atom. The quantitative estimate of drug-likeness (QED) is 0.632. The number of aromatic nitrogens is 1. The summed E-state index contributed by atoms with van der Waals surface area (Å²) in [5.74, 6) is 1.50. The molecule has 0 amide bonds. The van der Waals surface area contributed by atoms with Crippen LogP contribution in [0.1, 0.15) is 0 Å². The molecule has 4 rings (SSSR count). The van der Waals surface area contributed by atoms with E-state index < -0.39 is 0 Å². The van der Waals surface area contributed by atoms with Crippen molar-refractivity contribution < 1.29 is 9.47 Å². The van der Waals surface area contributed by atoms with E-state index in [0.717, 1.165) is 27.9 Å². The smallest absolute Gasteiger partial charge is 0.171 e. The van der Waals surface area contributed by atoms with E-state index >= 15 is 0 Å². The van der Waals surface area contributed by atoms with Crippen molar-refractivity contribution in [2.75, 3.05) is 0 Å². The summed E-state index contributed by atoms with van der Waals surface area (Å²) in [6.45, 7) is 0. The maximum atomic E-state index is 5.43. The molecule has 1 aliphatic heterocycles. The van der Waals surface area contributed by atoms with Crippen molar-refractivity contribution in [3.63, 3.8) is 0 Å². The van der Waals surface area contributed by atoms with E-state index in [1.165, 1.54) is 11.6 Å². The average Bonchev–Trinajstić information content (AvgIpc) is 2.73. The van der Waals surface area contributed by atoms with Crippen molar-refractivity contribution in [2.24, 2.45) is 0 Å². The van der Waals surface area contributed by atoms with Gasteiger partial charge in [0.1, 0.15) is 12.5 Å². The lowest BCUT2D eigenvalue weighted by molar-refractivity contribution is 0.362. The zero-order valence-corrected chi connectivity index (χ0v) is 8.94. The first kappa shape index (κ1) is 8.70. The molecule has 2 heterocycles. The van der Waals surface area contributed by atoms with Crippen molar-refractivity contribution in [2.45, 2.75) is 0 Å². The SMILES string of the molecule is C1=COc2cc3c(cc2O1)[nH]c1ccccc13. The Labute approximate surface area is 97.3 Å². The molecule has 0 radical (unpaired) electrons. The molecule has 0 spiro atoms. The van der Waals surface area contributed by atoms with Gasteiger partial charge in [-0.25, -0.2) is 0 Å². The predicted molar refractivity (Wildman–Crippen MR) is 66.2 cm³/mol. The normalized spacial score (nSPS) is 13.4. The fraction of sp³-hybridized carbons (Fsp3) is 0. The average molecular weight is 223 g/mol. The van der Waals surface area contributed by atoms with E-state index in [0.29, 0.717) is 0 Å². The highest BCUT2D eigenvalue weighted by Crippen LogP contribution is 2.37. The minimum absolute atomic E-state index is 0.742. The zero-order valence-electron chi connectivity index (χ0n) is 8.94. The lowest BCUT2D eigenvalue weighted by Gasteiger charge is -2.11. The first-order chi connectivity index (χ1) is 8.42. The van der Waals surface area contributed by atoms with E-state index in [-0.39, 0.29) is 0 Å². The van der Waals surface area contributed by atoms with Crippen molar-refractivity contribution >= 4 is 21.8 Å². The second-order valence-corrected chi connectivity index (χ2v) is 4.02. The number of nitrogens with one attached hydrogen (secondary N) is 1. The number of fused-ring (bicyclic) bond motifs is 4. The number of rotatable bonds is 0. The number of hydrogen-bond acceptors (Lipinski definition) is 2. The predicted octanol–water partition coefficient (Wildman–Crippen LogP) is 3.56. The molecule has 0 bridgehead atoms. The summed E-state index contributed by atoms with van der Waals surface area (Å²) < 4.78 is 10.8. The molecule has 2 aromatic carbocycles. The standard InChI is InChI=1S/C14H9NO2/c1-2-4-11-9(3-1)10-7-13-14(8-12(10)15-11)17-6-5-16-13/h1-8,15H. The van der Waals surface area contributed by atoms with Gasteiger partial charge in [0.15, 0.2) is 11.5 Å². The zero-order chi connectivity index (χ0) is 11.2. The lowest BCUT2D eigenvalue weighted by Crippen LogP contribution is -1.95. The van der Waals surface area contributed by atoms with Gasteiger partial charge >= 0.3 is 0 Å². The summed E-state index contributed by atoms with van der Waals surface area (Å²) in [4.78, 5) is 3.37. The molecule has 82 valence electrons. The number of benzene rings is 2. The Morgan fingerprint density at radius 2 is 1.53 bits per heavy atom. The Kier molecular flexibility index (Phi) is 1.56. The van der Waals surface area contributed by atoms with E-state index in [1.807, 2.05) is 24.3 Å². The Balaban J connectivity index is 2.13. The van der Waals surface area contributed by atoms with E-state index in [9.17, 15) is 0 Å². The second-order valence-electron chi connectivity index (χ2n) is 4.02. The third-order valence-electron chi connectivity index (χ3n) is 3.02. The summed E-state index contributed by atoms with van der Waals surface area (Å²) >= 11 is 0. The fourth-order valence-electron chi connectivity index (χ4n) is 2.24. The molecule has 3 heteroatoms. The Hall–Kier alpha value is -2.42. The third kappa shape index (κ3) is 1.16. The number of para-hydroxylation sites is 1. The number of hydrogen-bond donors (Lipinski definition) is 1. The van der Waals surface area contributed by atoms with E-state index in [1.54, 1.807) is 6.26 Å². The second kappa shape index (κ2) is 3.04. The van der Waals surface area contributed by atoms with Crippen LogP contribution in [-0.4, -0.2) is 4.98 Å². The summed E-state index contributed by atoms with van der Waals surface area (Å²) in [6, 6.07) is 12.2. The molecule has 1 aromatic heterocycles. The van der Waals surface area contributed by atoms with Crippen LogP contribution in [0.2, 0.25) is 0 Å². The van der Waals surface area contributed by atoms with Crippen LogP contribution in [0.3, 0.4) is 0 Å². The first-order valence-electron chi connectivity index (χ1n) is 5.45. The highest BCUT2D eigenvalue weighted by Gasteiger charge is 2.12. The van der Waals surface area contributed by atoms with Crippen LogP contribution in [0.25, 0.3) is 21.8 Å².